The fourth-order valence-corrected chi connectivity index (χ4v) is 2.20. The number of anilines is 1. The smallest absolute Gasteiger partial charge is 0.338 e. The van der Waals surface area contributed by atoms with Crippen LogP contribution in [0.1, 0.15) is 48.3 Å². The first kappa shape index (κ1) is 20.2. The van der Waals surface area contributed by atoms with Crippen molar-refractivity contribution >= 4 is 23.7 Å². The van der Waals surface area contributed by atoms with Crippen LogP contribution >= 0.6 is 0 Å². The van der Waals surface area contributed by atoms with E-state index in [0.29, 0.717) is 18.5 Å². The van der Waals surface area contributed by atoms with Gasteiger partial charge in [-0.25, -0.2) is 4.79 Å². The van der Waals surface area contributed by atoms with Gasteiger partial charge in [0.15, 0.2) is 6.61 Å². The zero-order valence-corrected chi connectivity index (χ0v) is 15.6. The number of carbonyl (C=O) groups excluding carboxylic acids is 3. The fourth-order valence-electron chi connectivity index (χ4n) is 2.20. The summed E-state index contributed by atoms with van der Waals surface area (Å²) in [5, 5.41) is 9.02. The van der Waals surface area contributed by atoms with E-state index >= 15 is 0 Å². The summed E-state index contributed by atoms with van der Waals surface area (Å²) >= 11 is 0. The summed E-state index contributed by atoms with van der Waals surface area (Å²) in [7, 11) is 0. The zero-order valence-electron chi connectivity index (χ0n) is 15.6. The van der Waals surface area contributed by atoms with E-state index in [1.54, 1.807) is 30.3 Å². The van der Waals surface area contributed by atoms with E-state index in [-0.39, 0.29) is 17.7 Å². The van der Waals surface area contributed by atoms with E-state index in [1.165, 1.54) is 6.92 Å². The molecular weight excluding hydrogens is 350 g/mol. The van der Waals surface area contributed by atoms with Crippen molar-refractivity contribution in [2.75, 3.05) is 18.5 Å². The van der Waals surface area contributed by atoms with Gasteiger partial charge in [-0.3, -0.25) is 14.9 Å². The van der Waals surface area contributed by atoms with E-state index in [4.69, 9.17) is 9.26 Å². The van der Waals surface area contributed by atoms with Gasteiger partial charge in [0.2, 0.25) is 11.8 Å². The van der Waals surface area contributed by atoms with Crippen molar-refractivity contribution in [2.24, 2.45) is 0 Å². The number of aromatic nitrogens is 1. The van der Waals surface area contributed by atoms with Gasteiger partial charge >= 0.3 is 5.97 Å². The Hall–Kier alpha value is -3.16. The molecule has 0 aliphatic carbocycles. The standard InChI is InChI=1S/C19H23N3O5/c1-12(2)16-10-18(27-22-16)21-17(24)11-26-19(25)15-6-4-14(5-7-15)8-9-20-13(3)23/h4-7,10,12H,8-9,11H2,1-3H3,(H,20,23)(H,21,24). The summed E-state index contributed by atoms with van der Waals surface area (Å²) in [5.41, 5.74) is 2.04. The lowest BCUT2D eigenvalue weighted by atomic mass is 10.1. The Morgan fingerprint density at radius 2 is 1.89 bits per heavy atom. The van der Waals surface area contributed by atoms with Crippen LogP contribution in [0.25, 0.3) is 0 Å². The summed E-state index contributed by atoms with van der Waals surface area (Å²) in [6, 6.07) is 8.42. The van der Waals surface area contributed by atoms with Crippen molar-refractivity contribution in [1.29, 1.82) is 0 Å². The van der Waals surface area contributed by atoms with Gasteiger partial charge in [-0.1, -0.05) is 31.1 Å². The van der Waals surface area contributed by atoms with Crippen LogP contribution in [0, 0.1) is 0 Å². The van der Waals surface area contributed by atoms with Crippen molar-refractivity contribution in [2.45, 2.75) is 33.1 Å². The van der Waals surface area contributed by atoms with Crippen molar-refractivity contribution in [3.63, 3.8) is 0 Å². The molecular formula is C19H23N3O5. The molecule has 0 atom stereocenters. The number of benzene rings is 1. The summed E-state index contributed by atoms with van der Waals surface area (Å²) in [6.45, 7) is 5.47. The number of esters is 1. The van der Waals surface area contributed by atoms with Crippen LogP contribution in [-0.4, -0.2) is 36.1 Å². The maximum Gasteiger partial charge on any atom is 0.338 e. The second kappa shape index (κ2) is 9.51. The van der Waals surface area contributed by atoms with E-state index in [1.807, 2.05) is 13.8 Å². The summed E-state index contributed by atoms with van der Waals surface area (Å²) in [4.78, 5) is 34.7. The van der Waals surface area contributed by atoms with Gasteiger partial charge in [0.05, 0.1) is 11.3 Å². The molecule has 0 fully saturated rings. The molecule has 0 aliphatic rings. The third-order valence-electron chi connectivity index (χ3n) is 3.69. The molecule has 0 saturated carbocycles. The molecule has 0 aliphatic heterocycles. The Kier molecular flexibility index (Phi) is 7.10. The van der Waals surface area contributed by atoms with E-state index in [2.05, 4.69) is 15.8 Å². The number of nitrogens with zero attached hydrogens (tertiary/aromatic N) is 1. The van der Waals surface area contributed by atoms with Crippen LogP contribution < -0.4 is 10.6 Å². The molecule has 27 heavy (non-hydrogen) atoms. The highest BCUT2D eigenvalue weighted by Crippen LogP contribution is 2.17. The first-order valence-corrected chi connectivity index (χ1v) is 8.62. The fraction of sp³-hybridized carbons (Fsp3) is 0.368. The highest BCUT2D eigenvalue weighted by molar-refractivity contribution is 5.94. The highest BCUT2D eigenvalue weighted by atomic mass is 16.5. The van der Waals surface area contributed by atoms with E-state index in [9.17, 15) is 14.4 Å². The Balaban J connectivity index is 1.78. The first-order valence-electron chi connectivity index (χ1n) is 8.62. The zero-order chi connectivity index (χ0) is 19.8. The predicted octanol–water partition coefficient (Wildman–Crippen LogP) is 2.27. The molecule has 8 heteroatoms. The number of nitrogens with one attached hydrogen (secondary N) is 2. The highest BCUT2D eigenvalue weighted by Gasteiger charge is 2.13. The van der Waals surface area contributed by atoms with Gasteiger partial charge in [0.1, 0.15) is 0 Å². The summed E-state index contributed by atoms with van der Waals surface area (Å²) in [6.07, 6.45) is 0.660. The molecule has 0 spiro atoms. The van der Waals surface area contributed by atoms with Crippen LogP contribution in [0.2, 0.25) is 0 Å². The Labute approximate surface area is 157 Å². The van der Waals surface area contributed by atoms with Crippen molar-refractivity contribution in [3.05, 3.63) is 47.2 Å². The minimum absolute atomic E-state index is 0.0840. The van der Waals surface area contributed by atoms with Crippen LogP contribution in [0.15, 0.2) is 34.9 Å². The molecule has 2 aromatic rings. The number of hydrogen-bond acceptors (Lipinski definition) is 6. The lowest BCUT2D eigenvalue weighted by molar-refractivity contribution is -0.119. The van der Waals surface area contributed by atoms with Crippen LogP contribution in [0.5, 0.6) is 0 Å². The van der Waals surface area contributed by atoms with Crippen molar-refractivity contribution in [1.82, 2.24) is 10.5 Å². The molecule has 144 valence electrons. The van der Waals surface area contributed by atoms with Crippen LogP contribution in [0.4, 0.5) is 5.88 Å². The molecule has 0 unspecified atom stereocenters. The van der Waals surface area contributed by atoms with Gasteiger partial charge in [-0.2, -0.15) is 0 Å². The number of amides is 2. The Morgan fingerprint density at radius 3 is 2.48 bits per heavy atom. The van der Waals surface area contributed by atoms with Crippen LogP contribution in [0.3, 0.4) is 0 Å². The monoisotopic (exact) mass is 373 g/mol. The maximum absolute atomic E-state index is 12.0. The van der Waals surface area contributed by atoms with Crippen molar-refractivity contribution in [3.8, 4) is 0 Å². The average molecular weight is 373 g/mol. The molecule has 8 nitrogen and oxygen atoms in total. The van der Waals surface area contributed by atoms with Gasteiger partial charge < -0.3 is 14.6 Å². The summed E-state index contributed by atoms with van der Waals surface area (Å²) in [5.74, 6) is -0.804. The Morgan fingerprint density at radius 1 is 1.19 bits per heavy atom. The minimum Gasteiger partial charge on any atom is -0.452 e. The van der Waals surface area contributed by atoms with E-state index in [0.717, 1.165) is 11.3 Å². The number of hydrogen-bond donors (Lipinski definition) is 2. The molecule has 0 saturated heterocycles. The SMILES string of the molecule is CC(=O)NCCc1ccc(C(=O)OCC(=O)Nc2cc(C(C)C)no2)cc1. The lowest BCUT2D eigenvalue weighted by Crippen LogP contribution is -2.22. The number of ether oxygens (including phenoxy) is 1. The second-order valence-electron chi connectivity index (χ2n) is 6.32. The van der Waals surface area contributed by atoms with Gasteiger partial charge in [0, 0.05) is 19.5 Å². The molecule has 0 radical (unpaired) electrons. The van der Waals surface area contributed by atoms with Gasteiger partial charge in [-0.15, -0.1) is 0 Å². The lowest BCUT2D eigenvalue weighted by Gasteiger charge is -2.06. The number of rotatable bonds is 8. The third kappa shape index (κ3) is 6.58. The third-order valence-corrected chi connectivity index (χ3v) is 3.69. The van der Waals surface area contributed by atoms with Crippen LogP contribution in [-0.2, 0) is 20.7 Å². The topological polar surface area (TPSA) is 111 Å². The second-order valence-corrected chi connectivity index (χ2v) is 6.32. The molecule has 1 heterocycles. The Bertz CT molecular complexity index is 796. The summed E-state index contributed by atoms with van der Waals surface area (Å²) < 4.78 is 10.00. The van der Waals surface area contributed by atoms with Gasteiger partial charge in [0.25, 0.3) is 5.91 Å². The minimum atomic E-state index is -0.598. The quantitative estimate of drug-likeness (QED) is 0.687. The average Bonchev–Trinajstić information content (AvgIpc) is 3.09. The molecule has 1 aromatic heterocycles. The molecule has 0 bridgehead atoms. The number of carbonyl (C=O) groups is 3. The predicted molar refractivity (Wildman–Crippen MR) is 98.3 cm³/mol. The van der Waals surface area contributed by atoms with Crippen molar-refractivity contribution < 1.29 is 23.6 Å². The normalized spacial score (nSPS) is 10.5. The first-order chi connectivity index (χ1) is 12.8. The molecule has 2 rings (SSSR count). The largest absolute Gasteiger partial charge is 0.452 e. The van der Waals surface area contributed by atoms with Gasteiger partial charge in [-0.05, 0) is 30.0 Å². The molecule has 2 N–H and O–H groups in total. The molecule has 1 aromatic carbocycles. The molecule has 2 amide bonds. The maximum atomic E-state index is 12.0. The van der Waals surface area contributed by atoms with E-state index < -0.39 is 18.5 Å².